The highest BCUT2D eigenvalue weighted by atomic mass is 16.5. The molecule has 150 valence electrons. The van der Waals surface area contributed by atoms with Crippen molar-refractivity contribution in [2.75, 3.05) is 39.2 Å². The van der Waals surface area contributed by atoms with Crippen molar-refractivity contribution in [3.63, 3.8) is 0 Å². The second-order valence-electron chi connectivity index (χ2n) is 6.60. The molecule has 0 aromatic heterocycles. The van der Waals surface area contributed by atoms with E-state index < -0.39 is 0 Å². The van der Waals surface area contributed by atoms with Crippen LogP contribution < -0.4 is 20.1 Å². The number of likely N-dealkylation sites (tertiary alicyclic amines) is 1. The number of benzene rings is 1. The predicted molar refractivity (Wildman–Crippen MR) is 109 cm³/mol. The summed E-state index contributed by atoms with van der Waals surface area (Å²) in [5, 5.41) is 6.41. The minimum Gasteiger partial charge on any atom is -0.493 e. The average molecular weight is 377 g/mol. The standard InChI is InChI=1S/C20H32N4O3/c1-5-27-17-10-9-16(14-18(17)26-4)23-20(21-3)22-12-11-19(25)24-13-7-6-8-15(24)2/h9-10,14-15H,5-8,11-13H2,1-4H3,(H2,21,22,23). The molecule has 1 atom stereocenters. The number of hydrogen-bond acceptors (Lipinski definition) is 4. The molecule has 0 spiro atoms. The van der Waals surface area contributed by atoms with Gasteiger partial charge in [0.25, 0.3) is 0 Å². The number of rotatable bonds is 7. The van der Waals surface area contributed by atoms with E-state index in [0.29, 0.717) is 43.1 Å². The molecule has 1 aromatic rings. The molecule has 1 unspecified atom stereocenters. The van der Waals surface area contributed by atoms with Crippen molar-refractivity contribution in [2.45, 2.75) is 45.6 Å². The number of aliphatic imine (C=N–C) groups is 1. The summed E-state index contributed by atoms with van der Waals surface area (Å²) in [5.41, 5.74) is 0.833. The third kappa shape index (κ3) is 6.05. The van der Waals surface area contributed by atoms with E-state index in [0.717, 1.165) is 25.1 Å². The largest absolute Gasteiger partial charge is 0.493 e. The lowest BCUT2D eigenvalue weighted by Crippen LogP contribution is -2.43. The number of guanidine groups is 1. The van der Waals surface area contributed by atoms with Gasteiger partial charge in [0.2, 0.25) is 5.91 Å². The number of hydrogen-bond donors (Lipinski definition) is 2. The zero-order valence-corrected chi connectivity index (χ0v) is 16.9. The Morgan fingerprint density at radius 1 is 1.33 bits per heavy atom. The zero-order chi connectivity index (χ0) is 19.6. The number of nitrogens with zero attached hydrogens (tertiary/aromatic N) is 2. The van der Waals surface area contributed by atoms with Crippen molar-refractivity contribution in [2.24, 2.45) is 4.99 Å². The fraction of sp³-hybridized carbons (Fsp3) is 0.600. The van der Waals surface area contributed by atoms with E-state index in [-0.39, 0.29) is 5.91 Å². The van der Waals surface area contributed by atoms with E-state index in [1.807, 2.05) is 30.0 Å². The summed E-state index contributed by atoms with van der Waals surface area (Å²) < 4.78 is 10.9. The Labute approximate surface area is 162 Å². The highest BCUT2D eigenvalue weighted by molar-refractivity contribution is 5.94. The van der Waals surface area contributed by atoms with Gasteiger partial charge in [-0.15, -0.1) is 0 Å². The second-order valence-corrected chi connectivity index (χ2v) is 6.60. The number of carbonyl (C=O) groups is 1. The van der Waals surface area contributed by atoms with Gasteiger partial charge in [-0.05, 0) is 45.2 Å². The van der Waals surface area contributed by atoms with Gasteiger partial charge < -0.3 is 25.0 Å². The Bertz CT molecular complexity index is 648. The lowest BCUT2D eigenvalue weighted by molar-refractivity contribution is -0.134. The Balaban J connectivity index is 1.86. The van der Waals surface area contributed by atoms with E-state index in [1.165, 1.54) is 6.42 Å². The molecule has 0 saturated carbocycles. The third-order valence-corrected chi connectivity index (χ3v) is 4.70. The summed E-state index contributed by atoms with van der Waals surface area (Å²) in [6, 6.07) is 5.97. The molecule has 0 bridgehead atoms. The van der Waals surface area contributed by atoms with Crippen LogP contribution in [0.15, 0.2) is 23.2 Å². The number of anilines is 1. The van der Waals surface area contributed by atoms with Crippen molar-refractivity contribution in [3.8, 4) is 11.5 Å². The van der Waals surface area contributed by atoms with Gasteiger partial charge >= 0.3 is 0 Å². The quantitative estimate of drug-likeness (QED) is 0.565. The number of methoxy groups -OCH3 is 1. The molecule has 7 heteroatoms. The summed E-state index contributed by atoms with van der Waals surface area (Å²) in [7, 11) is 3.32. The lowest BCUT2D eigenvalue weighted by atomic mass is 10.0. The Kier molecular flexibility index (Phi) is 8.23. The van der Waals surface area contributed by atoms with Gasteiger partial charge in [0.15, 0.2) is 17.5 Å². The molecule has 27 heavy (non-hydrogen) atoms. The van der Waals surface area contributed by atoms with Crippen LogP contribution >= 0.6 is 0 Å². The minimum atomic E-state index is 0.202. The van der Waals surface area contributed by atoms with Gasteiger partial charge in [0.1, 0.15) is 0 Å². The van der Waals surface area contributed by atoms with Crippen LogP contribution in [0.25, 0.3) is 0 Å². The fourth-order valence-electron chi connectivity index (χ4n) is 3.24. The van der Waals surface area contributed by atoms with E-state index in [2.05, 4.69) is 22.5 Å². The Morgan fingerprint density at radius 3 is 2.81 bits per heavy atom. The summed E-state index contributed by atoms with van der Waals surface area (Å²) in [5.74, 6) is 2.18. The van der Waals surface area contributed by atoms with Crippen molar-refractivity contribution in [3.05, 3.63) is 18.2 Å². The van der Waals surface area contributed by atoms with Gasteiger partial charge in [-0.1, -0.05) is 0 Å². The first-order valence-corrected chi connectivity index (χ1v) is 9.67. The molecule has 1 aromatic carbocycles. The molecule has 2 N–H and O–H groups in total. The van der Waals surface area contributed by atoms with Gasteiger partial charge in [-0.25, -0.2) is 0 Å². The van der Waals surface area contributed by atoms with Crippen molar-refractivity contribution in [1.29, 1.82) is 0 Å². The zero-order valence-electron chi connectivity index (χ0n) is 16.9. The molecule has 2 rings (SSSR count). The molecule has 0 radical (unpaired) electrons. The SMILES string of the molecule is CCOc1ccc(NC(=NC)NCCC(=O)N2CCCCC2C)cc1OC. The van der Waals surface area contributed by atoms with Crippen LogP contribution in [0.2, 0.25) is 0 Å². The maximum absolute atomic E-state index is 12.4. The molecule has 1 fully saturated rings. The van der Waals surface area contributed by atoms with Crippen LogP contribution in [0.3, 0.4) is 0 Å². The number of piperidine rings is 1. The molecule has 7 nitrogen and oxygen atoms in total. The Morgan fingerprint density at radius 2 is 2.15 bits per heavy atom. The van der Waals surface area contributed by atoms with Crippen LogP contribution in [0.1, 0.15) is 39.5 Å². The van der Waals surface area contributed by atoms with E-state index in [4.69, 9.17) is 9.47 Å². The molecule has 0 aliphatic carbocycles. The first-order chi connectivity index (χ1) is 13.1. The molecule has 1 aliphatic heterocycles. The monoisotopic (exact) mass is 376 g/mol. The molecule has 1 heterocycles. The summed E-state index contributed by atoms with van der Waals surface area (Å²) in [6.45, 7) is 6.05. The molecular weight excluding hydrogens is 344 g/mol. The van der Waals surface area contributed by atoms with E-state index >= 15 is 0 Å². The third-order valence-electron chi connectivity index (χ3n) is 4.70. The first-order valence-electron chi connectivity index (χ1n) is 9.67. The highest BCUT2D eigenvalue weighted by Gasteiger charge is 2.22. The van der Waals surface area contributed by atoms with Crippen LogP contribution in [0.5, 0.6) is 11.5 Å². The maximum Gasteiger partial charge on any atom is 0.224 e. The van der Waals surface area contributed by atoms with Gasteiger partial charge in [-0.2, -0.15) is 0 Å². The predicted octanol–water partition coefficient (Wildman–Crippen LogP) is 2.87. The summed E-state index contributed by atoms with van der Waals surface area (Å²) >= 11 is 0. The maximum atomic E-state index is 12.4. The highest BCUT2D eigenvalue weighted by Crippen LogP contribution is 2.30. The number of ether oxygens (including phenoxy) is 2. The van der Waals surface area contributed by atoms with Crippen molar-refractivity contribution >= 4 is 17.6 Å². The van der Waals surface area contributed by atoms with Gasteiger partial charge in [0, 0.05) is 44.4 Å². The normalized spacial score (nSPS) is 17.4. The van der Waals surface area contributed by atoms with E-state index in [1.54, 1.807) is 14.2 Å². The van der Waals surface area contributed by atoms with Gasteiger partial charge in [0.05, 0.1) is 13.7 Å². The molecule has 1 amide bonds. The first kappa shape index (κ1) is 20.9. The smallest absolute Gasteiger partial charge is 0.224 e. The number of amides is 1. The lowest BCUT2D eigenvalue weighted by Gasteiger charge is -2.33. The summed E-state index contributed by atoms with van der Waals surface area (Å²) in [6.07, 6.45) is 3.87. The minimum absolute atomic E-state index is 0.202. The second kappa shape index (κ2) is 10.6. The van der Waals surface area contributed by atoms with Crippen LogP contribution in [0, 0.1) is 0 Å². The fourth-order valence-corrected chi connectivity index (χ4v) is 3.24. The Hall–Kier alpha value is -2.44. The molecule has 1 saturated heterocycles. The van der Waals surface area contributed by atoms with Crippen molar-refractivity contribution < 1.29 is 14.3 Å². The summed E-state index contributed by atoms with van der Waals surface area (Å²) in [4.78, 5) is 18.6. The van der Waals surface area contributed by atoms with E-state index in [9.17, 15) is 4.79 Å². The van der Waals surface area contributed by atoms with Crippen LogP contribution in [-0.4, -0.2) is 56.7 Å². The number of carbonyl (C=O) groups excluding carboxylic acids is 1. The average Bonchev–Trinajstić information content (AvgIpc) is 2.68. The van der Waals surface area contributed by atoms with Crippen molar-refractivity contribution in [1.82, 2.24) is 10.2 Å². The number of nitrogens with one attached hydrogen (secondary N) is 2. The molecular formula is C20H32N4O3. The van der Waals surface area contributed by atoms with Crippen LogP contribution in [0.4, 0.5) is 5.69 Å². The van der Waals surface area contributed by atoms with Crippen LogP contribution in [-0.2, 0) is 4.79 Å². The van der Waals surface area contributed by atoms with Gasteiger partial charge in [-0.3, -0.25) is 9.79 Å². The topological polar surface area (TPSA) is 75.2 Å². The molecule has 1 aliphatic rings.